The lowest BCUT2D eigenvalue weighted by Gasteiger charge is -2.29. The van der Waals surface area contributed by atoms with E-state index in [9.17, 15) is 4.79 Å². The maximum absolute atomic E-state index is 11.8. The van der Waals surface area contributed by atoms with E-state index in [2.05, 4.69) is 25.4 Å². The average molecular weight is 251 g/mol. The molecule has 1 unspecified atom stereocenters. The molecule has 2 rings (SSSR count). The molecule has 6 heteroatoms. The van der Waals surface area contributed by atoms with E-state index in [1.54, 1.807) is 6.92 Å². The van der Waals surface area contributed by atoms with Crippen molar-refractivity contribution in [1.82, 2.24) is 25.4 Å². The van der Waals surface area contributed by atoms with Crippen molar-refractivity contribution < 1.29 is 4.79 Å². The van der Waals surface area contributed by atoms with Crippen LogP contribution in [-0.2, 0) is 0 Å². The predicted octanol–water partition coefficient (Wildman–Crippen LogP) is 0.717. The lowest BCUT2D eigenvalue weighted by Crippen LogP contribution is -2.43. The summed E-state index contributed by atoms with van der Waals surface area (Å²) in [5.74, 6) is 0.672. The number of carbonyl (C=O) groups excluding carboxylic acids is 1. The van der Waals surface area contributed by atoms with Gasteiger partial charge in [0.1, 0.15) is 5.82 Å². The summed E-state index contributed by atoms with van der Waals surface area (Å²) >= 11 is 0. The first kappa shape index (κ1) is 13.0. The van der Waals surface area contributed by atoms with Gasteiger partial charge in [0, 0.05) is 12.6 Å². The first-order valence-corrected chi connectivity index (χ1v) is 6.57. The highest BCUT2D eigenvalue weighted by Gasteiger charge is 2.17. The summed E-state index contributed by atoms with van der Waals surface area (Å²) in [6.07, 6.45) is 3.86. The zero-order chi connectivity index (χ0) is 13.0. The van der Waals surface area contributed by atoms with Gasteiger partial charge in [0.2, 0.25) is 5.82 Å². The molecule has 1 amide bonds. The van der Waals surface area contributed by atoms with Crippen molar-refractivity contribution in [3.8, 4) is 0 Å². The number of nitrogens with zero attached hydrogens (tertiary/aromatic N) is 3. The average Bonchev–Trinajstić information content (AvgIpc) is 2.77. The molecule has 0 bridgehead atoms. The summed E-state index contributed by atoms with van der Waals surface area (Å²) in [5.41, 5.74) is 0. The van der Waals surface area contributed by atoms with Crippen LogP contribution in [0.4, 0.5) is 0 Å². The van der Waals surface area contributed by atoms with Crippen LogP contribution < -0.4 is 5.32 Å². The van der Waals surface area contributed by atoms with Crippen molar-refractivity contribution in [3.05, 3.63) is 11.6 Å². The number of aromatic nitrogens is 3. The Balaban J connectivity index is 1.79. The minimum absolute atomic E-state index is 0.120. The monoisotopic (exact) mass is 251 g/mol. The van der Waals surface area contributed by atoms with Crippen molar-refractivity contribution in [2.75, 3.05) is 19.6 Å². The minimum Gasteiger partial charge on any atom is -0.346 e. The largest absolute Gasteiger partial charge is 0.346 e. The fourth-order valence-corrected chi connectivity index (χ4v) is 2.31. The van der Waals surface area contributed by atoms with Gasteiger partial charge in [0.05, 0.1) is 0 Å². The van der Waals surface area contributed by atoms with Crippen LogP contribution in [0, 0.1) is 6.92 Å². The molecule has 2 heterocycles. The van der Waals surface area contributed by atoms with Gasteiger partial charge in [-0.2, -0.15) is 0 Å². The SMILES string of the molecule is Cc1nc(C(=O)NC(C)CN2CCCCC2)n[nH]1. The number of aryl methyl sites for hydroxylation is 1. The van der Waals surface area contributed by atoms with E-state index in [1.165, 1.54) is 19.3 Å². The standard InChI is InChI=1S/C12H21N5O/c1-9(8-17-6-4-3-5-7-17)13-12(18)11-14-10(2)15-16-11/h9H,3-8H2,1-2H3,(H,13,18)(H,14,15,16). The molecular weight excluding hydrogens is 230 g/mol. The van der Waals surface area contributed by atoms with Crippen molar-refractivity contribution in [1.29, 1.82) is 0 Å². The molecule has 2 N–H and O–H groups in total. The Morgan fingerprint density at radius 3 is 2.78 bits per heavy atom. The summed E-state index contributed by atoms with van der Waals surface area (Å²) in [5, 5.41) is 9.46. The summed E-state index contributed by atoms with van der Waals surface area (Å²) in [7, 11) is 0. The predicted molar refractivity (Wildman–Crippen MR) is 68.3 cm³/mol. The van der Waals surface area contributed by atoms with Crippen LogP contribution in [0.25, 0.3) is 0 Å². The van der Waals surface area contributed by atoms with E-state index in [0.29, 0.717) is 5.82 Å². The van der Waals surface area contributed by atoms with Crippen LogP contribution in [0.15, 0.2) is 0 Å². The van der Waals surface area contributed by atoms with E-state index < -0.39 is 0 Å². The molecule has 0 radical (unpaired) electrons. The number of hydrogen-bond donors (Lipinski definition) is 2. The number of nitrogens with one attached hydrogen (secondary N) is 2. The Hall–Kier alpha value is -1.43. The number of amides is 1. The van der Waals surface area contributed by atoms with Gasteiger partial charge in [0.15, 0.2) is 0 Å². The summed E-state index contributed by atoms with van der Waals surface area (Å²) < 4.78 is 0. The molecule has 1 aromatic heterocycles. The molecule has 1 aliphatic heterocycles. The van der Waals surface area contributed by atoms with Gasteiger partial charge in [-0.05, 0) is 39.8 Å². The van der Waals surface area contributed by atoms with Crippen LogP contribution >= 0.6 is 0 Å². The number of aromatic amines is 1. The second kappa shape index (κ2) is 5.95. The van der Waals surface area contributed by atoms with E-state index in [-0.39, 0.29) is 17.8 Å². The lowest BCUT2D eigenvalue weighted by molar-refractivity contribution is 0.0915. The molecule has 0 aliphatic carbocycles. The second-order valence-electron chi connectivity index (χ2n) is 4.98. The fourth-order valence-electron chi connectivity index (χ4n) is 2.31. The normalized spacial score (nSPS) is 18.6. The van der Waals surface area contributed by atoms with Crippen molar-refractivity contribution in [2.24, 2.45) is 0 Å². The van der Waals surface area contributed by atoms with E-state index >= 15 is 0 Å². The first-order chi connectivity index (χ1) is 8.65. The third kappa shape index (κ3) is 3.53. The Kier molecular flexibility index (Phi) is 4.30. The maximum atomic E-state index is 11.8. The van der Waals surface area contributed by atoms with Gasteiger partial charge in [-0.3, -0.25) is 9.89 Å². The molecule has 1 aliphatic rings. The number of hydrogen-bond acceptors (Lipinski definition) is 4. The maximum Gasteiger partial charge on any atom is 0.291 e. The van der Waals surface area contributed by atoms with E-state index in [0.717, 1.165) is 19.6 Å². The molecule has 18 heavy (non-hydrogen) atoms. The molecule has 0 aromatic carbocycles. The van der Waals surface area contributed by atoms with Crippen molar-refractivity contribution in [3.63, 3.8) is 0 Å². The minimum atomic E-state index is -0.205. The number of likely N-dealkylation sites (tertiary alicyclic amines) is 1. The van der Waals surface area contributed by atoms with Crippen LogP contribution in [-0.4, -0.2) is 51.7 Å². The van der Waals surface area contributed by atoms with Crippen LogP contribution in [0.2, 0.25) is 0 Å². The Morgan fingerprint density at radius 2 is 2.17 bits per heavy atom. The smallest absolute Gasteiger partial charge is 0.291 e. The Morgan fingerprint density at radius 1 is 1.44 bits per heavy atom. The highest BCUT2D eigenvalue weighted by atomic mass is 16.2. The second-order valence-corrected chi connectivity index (χ2v) is 4.98. The van der Waals surface area contributed by atoms with Gasteiger partial charge in [0.25, 0.3) is 5.91 Å². The van der Waals surface area contributed by atoms with Gasteiger partial charge < -0.3 is 10.2 Å². The summed E-state index contributed by atoms with van der Waals surface area (Å²) in [6, 6.07) is 0.120. The number of H-pyrrole nitrogens is 1. The Bertz CT molecular complexity index is 397. The molecule has 100 valence electrons. The first-order valence-electron chi connectivity index (χ1n) is 6.57. The Labute approximate surface area is 107 Å². The molecule has 1 aromatic rings. The lowest BCUT2D eigenvalue weighted by atomic mass is 10.1. The highest BCUT2D eigenvalue weighted by Crippen LogP contribution is 2.08. The third-order valence-corrected chi connectivity index (χ3v) is 3.16. The molecular formula is C12H21N5O. The molecule has 1 saturated heterocycles. The number of piperidine rings is 1. The zero-order valence-electron chi connectivity index (χ0n) is 11.1. The molecule has 1 atom stereocenters. The van der Waals surface area contributed by atoms with Crippen LogP contribution in [0.3, 0.4) is 0 Å². The van der Waals surface area contributed by atoms with Crippen molar-refractivity contribution >= 4 is 5.91 Å². The summed E-state index contributed by atoms with van der Waals surface area (Å²) in [4.78, 5) is 18.3. The van der Waals surface area contributed by atoms with Gasteiger partial charge in [-0.1, -0.05) is 6.42 Å². The third-order valence-electron chi connectivity index (χ3n) is 3.16. The number of carbonyl (C=O) groups is 1. The summed E-state index contributed by atoms with van der Waals surface area (Å²) in [6.45, 7) is 6.97. The number of rotatable bonds is 4. The molecule has 6 nitrogen and oxygen atoms in total. The highest BCUT2D eigenvalue weighted by molar-refractivity contribution is 5.90. The van der Waals surface area contributed by atoms with Crippen LogP contribution in [0.1, 0.15) is 42.6 Å². The van der Waals surface area contributed by atoms with Gasteiger partial charge in [-0.15, -0.1) is 5.10 Å². The molecule has 1 fully saturated rings. The topological polar surface area (TPSA) is 73.9 Å². The van der Waals surface area contributed by atoms with E-state index in [1.807, 2.05) is 6.92 Å². The van der Waals surface area contributed by atoms with Crippen molar-refractivity contribution in [2.45, 2.75) is 39.2 Å². The van der Waals surface area contributed by atoms with Gasteiger partial charge >= 0.3 is 0 Å². The molecule has 0 saturated carbocycles. The zero-order valence-corrected chi connectivity index (χ0v) is 11.1. The quantitative estimate of drug-likeness (QED) is 0.827. The van der Waals surface area contributed by atoms with Crippen LogP contribution in [0.5, 0.6) is 0 Å². The fraction of sp³-hybridized carbons (Fsp3) is 0.750. The van der Waals surface area contributed by atoms with Gasteiger partial charge in [-0.25, -0.2) is 4.98 Å². The molecule has 0 spiro atoms. The van der Waals surface area contributed by atoms with E-state index in [4.69, 9.17) is 0 Å².